The van der Waals surface area contributed by atoms with Gasteiger partial charge >= 0.3 is 0 Å². The van der Waals surface area contributed by atoms with Gasteiger partial charge in [-0.25, -0.2) is 0 Å². The Bertz CT molecular complexity index is 485. The van der Waals surface area contributed by atoms with Gasteiger partial charge in [-0.05, 0) is 30.5 Å². The van der Waals surface area contributed by atoms with Gasteiger partial charge in [0.15, 0.2) is 0 Å². The van der Waals surface area contributed by atoms with Gasteiger partial charge in [0.1, 0.15) is 0 Å². The molecule has 0 bridgehead atoms. The lowest BCUT2D eigenvalue weighted by molar-refractivity contribution is 0.560. The average Bonchev–Trinajstić information content (AvgIpc) is 2.81. The smallest absolute Gasteiger partial charge is 0.0794 e. The van der Waals surface area contributed by atoms with Crippen LogP contribution in [0.4, 0.5) is 0 Å². The molecule has 0 aliphatic carbocycles. The second kappa shape index (κ2) is 5.60. The van der Waals surface area contributed by atoms with E-state index < -0.39 is 0 Å². The highest BCUT2D eigenvalue weighted by atomic mass is 35.5. The maximum Gasteiger partial charge on any atom is 0.0794 e. The molecular formula is C12H14ClN3S. The normalized spacial score (nSPS) is 12.6. The molecule has 1 unspecified atom stereocenters. The van der Waals surface area contributed by atoms with E-state index in [0.29, 0.717) is 0 Å². The van der Waals surface area contributed by atoms with Crippen LogP contribution in [0.1, 0.15) is 22.0 Å². The summed E-state index contributed by atoms with van der Waals surface area (Å²) in [4.78, 5) is 5.17. The summed E-state index contributed by atoms with van der Waals surface area (Å²) in [5, 5.41) is 0.787. The average molecular weight is 268 g/mol. The van der Waals surface area contributed by atoms with Crippen LogP contribution in [0.15, 0.2) is 29.9 Å². The molecule has 3 N–H and O–H groups in total. The molecule has 90 valence electrons. The van der Waals surface area contributed by atoms with Gasteiger partial charge in [-0.3, -0.25) is 16.3 Å². The summed E-state index contributed by atoms with van der Waals surface area (Å²) in [6, 6.07) is 6.13. The van der Waals surface area contributed by atoms with Crippen LogP contribution in [0.25, 0.3) is 0 Å². The van der Waals surface area contributed by atoms with Crippen molar-refractivity contribution in [3.63, 3.8) is 0 Å². The zero-order chi connectivity index (χ0) is 12.3. The molecule has 0 aliphatic rings. The molecule has 0 fully saturated rings. The Morgan fingerprint density at radius 3 is 2.94 bits per heavy atom. The molecule has 5 heteroatoms. The van der Waals surface area contributed by atoms with Crippen LogP contribution in [-0.4, -0.2) is 4.98 Å². The summed E-state index contributed by atoms with van der Waals surface area (Å²) in [6.07, 6.45) is 2.59. The van der Waals surface area contributed by atoms with E-state index in [-0.39, 0.29) is 6.04 Å². The third kappa shape index (κ3) is 3.04. The summed E-state index contributed by atoms with van der Waals surface area (Å²) in [7, 11) is 0. The number of rotatable bonds is 4. The van der Waals surface area contributed by atoms with E-state index in [0.717, 1.165) is 27.4 Å². The number of aryl methyl sites for hydroxylation is 1. The van der Waals surface area contributed by atoms with Gasteiger partial charge in [0, 0.05) is 16.1 Å². The van der Waals surface area contributed by atoms with Gasteiger partial charge in [-0.15, -0.1) is 11.3 Å². The van der Waals surface area contributed by atoms with Crippen LogP contribution >= 0.6 is 22.9 Å². The molecule has 0 spiro atoms. The quantitative estimate of drug-likeness (QED) is 0.662. The number of hydrogen-bond donors (Lipinski definition) is 2. The molecule has 2 aromatic rings. The number of aromatic nitrogens is 1. The lowest BCUT2D eigenvalue weighted by Crippen LogP contribution is -2.29. The van der Waals surface area contributed by atoms with Crippen LogP contribution in [0.2, 0.25) is 5.02 Å². The predicted octanol–water partition coefficient (Wildman–Crippen LogP) is 2.85. The van der Waals surface area contributed by atoms with Gasteiger partial charge < -0.3 is 0 Å². The van der Waals surface area contributed by atoms with Crippen molar-refractivity contribution in [3.05, 3.63) is 50.9 Å². The fourth-order valence-electron chi connectivity index (χ4n) is 1.68. The maximum absolute atomic E-state index is 6.21. The zero-order valence-electron chi connectivity index (χ0n) is 9.48. The van der Waals surface area contributed by atoms with Crippen molar-refractivity contribution in [1.29, 1.82) is 0 Å². The van der Waals surface area contributed by atoms with Gasteiger partial charge in [-0.1, -0.05) is 23.7 Å². The van der Waals surface area contributed by atoms with Gasteiger partial charge in [0.2, 0.25) is 0 Å². The highest BCUT2D eigenvalue weighted by molar-refractivity contribution is 7.09. The Morgan fingerprint density at radius 1 is 1.53 bits per heavy atom. The number of hydrazine groups is 1. The summed E-state index contributed by atoms with van der Waals surface area (Å²) < 4.78 is 0. The van der Waals surface area contributed by atoms with Crippen LogP contribution in [0.3, 0.4) is 0 Å². The Morgan fingerprint density at radius 2 is 2.35 bits per heavy atom. The second-order valence-electron chi connectivity index (χ2n) is 3.92. The van der Waals surface area contributed by atoms with Crippen molar-refractivity contribution >= 4 is 22.9 Å². The molecule has 1 heterocycles. The Labute approximate surface area is 110 Å². The third-order valence-electron chi connectivity index (χ3n) is 2.63. The number of thiazole rings is 1. The maximum atomic E-state index is 6.21. The van der Waals surface area contributed by atoms with Crippen molar-refractivity contribution in [2.24, 2.45) is 5.84 Å². The fourth-order valence-corrected chi connectivity index (χ4v) is 2.67. The van der Waals surface area contributed by atoms with Crippen LogP contribution in [-0.2, 0) is 6.42 Å². The van der Waals surface area contributed by atoms with Gasteiger partial charge in [-0.2, -0.15) is 0 Å². The van der Waals surface area contributed by atoms with E-state index in [9.17, 15) is 0 Å². The molecule has 0 radical (unpaired) electrons. The molecule has 17 heavy (non-hydrogen) atoms. The number of hydrogen-bond acceptors (Lipinski definition) is 4. The van der Waals surface area contributed by atoms with E-state index >= 15 is 0 Å². The molecule has 0 saturated heterocycles. The minimum atomic E-state index is 0.0581. The summed E-state index contributed by atoms with van der Waals surface area (Å²) >= 11 is 7.80. The topological polar surface area (TPSA) is 50.9 Å². The van der Waals surface area contributed by atoms with E-state index in [1.807, 2.05) is 25.3 Å². The first-order chi connectivity index (χ1) is 8.20. The first-order valence-electron chi connectivity index (χ1n) is 5.30. The molecule has 1 atom stereocenters. The van der Waals surface area contributed by atoms with Gasteiger partial charge in [0.25, 0.3) is 0 Å². The zero-order valence-corrected chi connectivity index (χ0v) is 11.1. The number of nitrogens with zero attached hydrogens (tertiary/aromatic N) is 1. The van der Waals surface area contributed by atoms with E-state index in [1.165, 1.54) is 0 Å². The Kier molecular flexibility index (Phi) is 4.12. The predicted molar refractivity (Wildman–Crippen MR) is 72.1 cm³/mol. The number of benzene rings is 1. The van der Waals surface area contributed by atoms with Crippen molar-refractivity contribution in [3.8, 4) is 0 Å². The third-order valence-corrected chi connectivity index (χ3v) is 3.87. The molecule has 1 aromatic heterocycles. The van der Waals surface area contributed by atoms with E-state index in [2.05, 4.69) is 16.5 Å². The monoisotopic (exact) mass is 267 g/mol. The molecule has 2 rings (SSSR count). The van der Waals surface area contributed by atoms with E-state index in [4.69, 9.17) is 17.4 Å². The largest absolute Gasteiger partial charge is 0.271 e. The minimum Gasteiger partial charge on any atom is -0.271 e. The number of nitrogens with two attached hydrogens (primary N) is 1. The molecule has 1 aromatic carbocycles. The minimum absolute atomic E-state index is 0.0581. The molecule has 3 nitrogen and oxygen atoms in total. The lowest BCUT2D eigenvalue weighted by Gasteiger charge is -2.14. The second-order valence-corrected chi connectivity index (χ2v) is 5.25. The summed E-state index contributed by atoms with van der Waals surface area (Å²) in [5.41, 5.74) is 6.86. The molecule has 0 aliphatic heterocycles. The fraction of sp³-hybridized carbons (Fsp3) is 0.250. The standard InChI is InChI=1S/C12H14ClN3S/c1-8-2-3-9(10(13)4-8)5-11(16-14)12-6-15-7-17-12/h2-4,6-7,11,16H,5,14H2,1H3. The molecule has 0 amide bonds. The van der Waals surface area contributed by atoms with Crippen molar-refractivity contribution in [2.45, 2.75) is 19.4 Å². The van der Waals surface area contributed by atoms with Crippen LogP contribution in [0.5, 0.6) is 0 Å². The van der Waals surface area contributed by atoms with Crippen LogP contribution < -0.4 is 11.3 Å². The SMILES string of the molecule is Cc1ccc(CC(NN)c2cncs2)c(Cl)c1. The first kappa shape index (κ1) is 12.5. The number of nitrogens with one attached hydrogen (secondary N) is 1. The van der Waals surface area contributed by atoms with Gasteiger partial charge in [0.05, 0.1) is 11.6 Å². The lowest BCUT2D eigenvalue weighted by atomic mass is 10.0. The van der Waals surface area contributed by atoms with Crippen molar-refractivity contribution in [2.75, 3.05) is 0 Å². The Balaban J connectivity index is 2.19. The summed E-state index contributed by atoms with van der Waals surface area (Å²) in [6.45, 7) is 2.03. The van der Waals surface area contributed by atoms with Crippen molar-refractivity contribution < 1.29 is 0 Å². The Hall–Kier alpha value is -0.940. The number of halogens is 1. The highest BCUT2D eigenvalue weighted by Crippen LogP contribution is 2.25. The highest BCUT2D eigenvalue weighted by Gasteiger charge is 2.13. The van der Waals surface area contributed by atoms with Crippen molar-refractivity contribution in [1.82, 2.24) is 10.4 Å². The molecule has 0 saturated carbocycles. The summed E-state index contributed by atoms with van der Waals surface area (Å²) in [5.74, 6) is 5.58. The molecular weight excluding hydrogens is 254 g/mol. The first-order valence-corrected chi connectivity index (χ1v) is 6.56. The van der Waals surface area contributed by atoms with Crippen LogP contribution in [0, 0.1) is 6.92 Å². The van der Waals surface area contributed by atoms with E-state index in [1.54, 1.807) is 16.8 Å².